The number of nitrogens with zero attached hydrogens (tertiary/aromatic N) is 1. The molecule has 0 aromatic heterocycles. The molecular formula is C20H17NO. The first-order valence-corrected chi connectivity index (χ1v) is 7.26. The smallest absolute Gasteiger partial charge is 0.119 e. The van der Waals surface area contributed by atoms with E-state index in [9.17, 15) is 0 Å². The normalized spacial score (nSPS) is 10.7. The minimum atomic E-state index is 0.582. The third kappa shape index (κ3) is 4.06. The van der Waals surface area contributed by atoms with Gasteiger partial charge < -0.3 is 4.74 Å². The van der Waals surface area contributed by atoms with E-state index in [1.165, 1.54) is 0 Å². The molecule has 0 fully saturated rings. The minimum absolute atomic E-state index is 0.582. The van der Waals surface area contributed by atoms with Gasteiger partial charge in [0.05, 0.1) is 5.69 Å². The molecule has 0 aliphatic heterocycles. The first kappa shape index (κ1) is 14.1. The summed E-state index contributed by atoms with van der Waals surface area (Å²) in [6.45, 7) is 0.582. The van der Waals surface area contributed by atoms with E-state index >= 15 is 0 Å². The summed E-state index contributed by atoms with van der Waals surface area (Å²) in [7, 11) is 0. The Bertz CT molecular complexity index is 719. The topological polar surface area (TPSA) is 21.6 Å². The summed E-state index contributed by atoms with van der Waals surface area (Å²) in [6, 6.07) is 28.0. The third-order valence-corrected chi connectivity index (χ3v) is 3.25. The lowest BCUT2D eigenvalue weighted by atomic mass is 10.2. The van der Waals surface area contributed by atoms with Crippen LogP contribution in [0.5, 0.6) is 5.75 Å². The van der Waals surface area contributed by atoms with Gasteiger partial charge in [-0.15, -0.1) is 0 Å². The van der Waals surface area contributed by atoms with E-state index in [0.29, 0.717) is 6.61 Å². The second-order valence-electron chi connectivity index (χ2n) is 4.94. The van der Waals surface area contributed by atoms with Crippen molar-refractivity contribution in [1.82, 2.24) is 0 Å². The molecule has 0 atom stereocenters. The van der Waals surface area contributed by atoms with Crippen molar-refractivity contribution >= 4 is 11.9 Å². The molecule has 0 heterocycles. The molecule has 0 N–H and O–H groups in total. The second-order valence-corrected chi connectivity index (χ2v) is 4.94. The minimum Gasteiger partial charge on any atom is -0.489 e. The average molecular weight is 287 g/mol. The van der Waals surface area contributed by atoms with Crippen LogP contribution in [0.3, 0.4) is 0 Å². The van der Waals surface area contributed by atoms with E-state index < -0.39 is 0 Å². The highest BCUT2D eigenvalue weighted by Crippen LogP contribution is 2.15. The molecule has 0 amide bonds. The molecule has 0 spiro atoms. The van der Waals surface area contributed by atoms with Gasteiger partial charge in [-0.3, -0.25) is 4.99 Å². The van der Waals surface area contributed by atoms with Crippen molar-refractivity contribution in [3.05, 3.63) is 96.1 Å². The lowest BCUT2D eigenvalue weighted by Crippen LogP contribution is -1.94. The number of benzene rings is 3. The van der Waals surface area contributed by atoms with Crippen LogP contribution in [0.15, 0.2) is 89.9 Å². The number of para-hydroxylation sites is 1. The molecule has 0 radical (unpaired) electrons. The molecule has 0 aliphatic rings. The second kappa shape index (κ2) is 7.23. The maximum absolute atomic E-state index is 5.77. The van der Waals surface area contributed by atoms with Crippen LogP contribution in [0, 0.1) is 0 Å². The van der Waals surface area contributed by atoms with Gasteiger partial charge in [0.15, 0.2) is 0 Å². The van der Waals surface area contributed by atoms with Crippen LogP contribution in [-0.2, 0) is 6.61 Å². The van der Waals surface area contributed by atoms with Crippen LogP contribution < -0.4 is 4.74 Å². The lowest BCUT2D eigenvalue weighted by molar-refractivity contribution is 0.306. The van der Waals surface area contributed by atoms with Gasteiger partial charge >= 0.3 is 0 Å². The Morgan fingerprint density at radius 1 is 0.727 bits per heavy atom. The van der Waals surface area contributed by atoms with Gasteiger partial charge in [0.1, 0.15) is 12.4 Å². The standard InChI is InChI=1S/C20H17NO/c1-3-7-18(8-4-1)16-22-20-13-11-17(12-14-20)15-21-19-9-5-2-6-10-19/h1-15H,16H2/b21-15-. The molecule has 3 rings (SSSR count). The summed E-state index contributed by atoms with van der Waals surface area (Å²) in [5, 5.41) is 0. The zero-order chi connectivity index (χ0) is 15.0. The molecule has 0 aliphatic carbocycles. The molecule has 2 nitrogen and oxygen atoms in total. The summed E-state index contributed by atoms with van der Waals surface area (Å²) in [4.78, 5) is 4.43. The SMILES string of the molecule is C(=N/c1ccccc1)/c1ccc(OCc2ccccc2)cc1. The van der Waals surface area contributed by atoms with Gasteiger partial charge in [-0.25, -0.2) is 0 Å². The molecule has 3 aromatic rings. The molecule has 2 heteroatoms. The number of aliphatic imine (C=N–C) groups is 1. The zero-order valence-corrected chi connectivity index (χ0v) is 12.2. The molecule has 0 saturated heterocycles. The Kier molecular flexibility index (Phi) is 4.63. The van der Waals surface area contributed by atoms with Crippen molar-refractivity contribution in [2.24, 2.45) is 4.99 Å². The summed E-state index contributed by atoms with van der Waals surface area (Å²) >= 11 is 0. The highest BCUT2D eigenvalue weighted by atomic mass is 16.5. The molecule has 3 aromatic carbocycles. The highest BCUT2D eigenvalue weighted by molar-refractivity contribution is 5.82. The van der Waals surface area contributed by atoms with Gasteiger partial charge in [-0.1, -0.05) is 48.5 Å². The molecule has 0 unspecified atom stereocenters. The summed E-state index contributed by atoms with van der Waals surface area (Å²) in [5.74, 6) is 0.862. The van der Waals surface area contributed by atoms with Crippen LogP contribution in [0.4, 0.5) is 5.69 Å². The van der Waals surface area contributed by atoms with Crippen LogP contribution in [0.2, 0.25) is 0 Å². The Balaban J connectivity index is 1.59. The molecule has 0 bridgehead atoms. The highest BCUT2D eigenvalue weighted by Gasteiger charge is 1.96. The Morgan fingerprint density at radius 3 is 2.05 bits per heavy atom. The third-order valence-electron chi connectivity index (χ3n) is 3.25. The van der Waals surface area contributed by atoms with Gasteiger partial charge in [0.2, 0.25) is 0 Å². The van der Waals surface area contributed by atoms with E-state index in [1.807, 2.05) is 79.0 Å². The molecule has 0 saturated carbocycles. The summed E-state index contributed by atoms with van der Waals surface area (Å²) < 4.78 is 5.77. The molecule has 108 valence electrons. The monoisotopic (exact) mass is 287 g/mol. The fourth-order valence-electron chi connectivity index (χ4n) is 2.05. The number of hydrogen-bond acceptors (Lipinski definition) is 2. The van der Waals surface area contributed by atoms with Gasteiger partial charge in [-0.2, -0.15) is 0 Å². The van der Waals surface area contributed by atoms with Crippen molar-refractivity contribution in [2.75, 3.05) is 0 Å². The maximum atomic E-state index is 5.77. The van der Waals surface area contributed by atoms with Gasteiger partial charge in [0, 0.05) is 6.21 Å². The van der Waals surface area contributed by atoms with Crippen molar-refractivity contribution in [1.29, 1.82) is 0 Å². The van der Waals surface area contributed by atoms with Gasteiger partial charge in [-0.05, 0) is 47.5 Å². The van der Waals surface area contributed by atoms with E-state index in [1.54, 1.807) is 0 Å². The zero-order valence-electron chi connectivity index (χ0n) is 12.2. The first-order chi connectivity index (χ1) is 10.9. The Labute approximate surface area is 130 Å². The van der Waals surface area contributed by atoms with Crippen molar-refractivity contribution in [3.63, 3.8) is 0 Å². The fraction of sp³-hybridized carbons (Fsp3) is 0.0500. The lowest BCUT2D eigenvalue weighted by Gasteiger charge is -2.06. The Hall–Kier alpha value is -2.87. The van der Waals surface area contributed by atoms with Crippen molar-refractivity contribution < 1.29 is 4.74 Å². The van der Waals surface area contributed by atoms with Crippen LogP contribution in [-0.4, -0.2) is 6.21 Å². The largest absolute Gasteiger partial charge is 0.489 e. The van der Waals surface area contributed by atoms with E-state index in [-0.39, 0.29) is 0 Å². The average Bonchev–Trinajstić information content (AvgIpc) is 2.61. The van der Waals surface area contributed by atoms with Gasteiger partial charge in [0.25, 0.3) is 0 Å². The van der Waals surface area contributed by atoms with Crippen LogP contribution in [0.25, 0.3) is 0 Å². The Morgan fingerprint density at radius 2 is 1.36 bits per heavy atom. The van der Waals surface area contributed by atoms with E-state index in [4.69, 9.17) is 4.74 Å². The fourth-order valence-corrected chi connectivity index (χ4v) is 2.05. The maximum Gasteiger partial charge on any atom is 0.119 e. The molecule has 22 heavy (non-hydrogen) atoms. The number of rotatable bonds is 5. The number of ether oxygens (including phenoxy) is 1. The predicted molar refractivity (Wildman–Crippen MR) is 90.9 cm³/mol. The summed E-state index contributed by atoms with van der Waals surface area (Å²) in [6.07, 6.45) is 1.86. The van der Waals surface area contributed by atoms with Crippen LogP contribution in [0.1, 0.15) is 11.1 Å². The first-order valence-electron chi connectivity index (χ1n) is 7.26. The van der Waals surface area contributed by atoms with Crippen LogP contribution >= 0.6 is 0 Å². The van der Waals surface area contributed by atoms with E-state index in [0.717, 1.165) is 22.6 Å². The molecular weight excluding hydrogens is 270 g/mol. The number of hydrogen-bond donors (Lipinski definition) is 0. The quantitative estimate of drug-likeness (QED) is 0.604. The van der Waals surface area contributed by atoms with Crippen molar-refractivity contribution in [3.8, 4) is 5.75 Å². The predicted octanol–water partition coefficient (Wildman–Crippen LogP) is 5.02. The van der Waals surface area contributed by atoms with Crippen molar-refractivity contribution in [2.45, 2.75) is 6.61 Å². The summed E-state index contributed by atoms with van der Waals surface area (Å²) in [5.41, 5.74) is 3.17. The van der Waals surface area contributed by atoms with E-state index in [2.05, 4.69) is 17.1 Å².